The Kier molecular flexibility index (Phi) is 5.98. The fourth-order valence-corrected chi connectivity index (χ4v) is 4.48. The van der Waals surface area contributed by atoms with Crippen LogP contribution in [0.5, 0.6) is 5.75 Å². The number of thiophene rings is 1. The summed E-state index contributed by atoms with van der Waals surface area (Å²) in [6, 6.07) is 8.63. The molecule has 0 aliphatic carbocycles. The second kappa shape index (κ2) is 8.24. The van der Waals surface area contributed by atoms with Gasteiger partial charge in [0.25, 0.3) is 0 Å². The molecule has 1 atom stereocenters. The number of amidine groups is 1. The number of carbonyl (C=O) groups excluding carboxylic acids is 3. The molecule has 1 aliphatic heterocycles. The summed E-state index contributed by atoms with van der Waals surface area (Å²) in [7, 11) is 0. The Balaban J connectivity index is 1.79. The largest absolute Gasteiger partial charge is 0.421 e. The number of rotatable bonds is 3. The van der Waals surface area contributed by atoms with E-state index in [2.05, 4.69) is 26.3 Å². The predicted molar refractivity (Wildman–Crippen MR) is 108 cm³/mol. The number of benzene rings is 1. The molecule has 2 amide bonds. The number of nitrogens with zero attached hydrogens (tertiary/aromatic N) is 2. The molecule has 10 heteroatoms. The first-order chi connectivity index (χ1) is 12.8. The molecule has 1 aromatic heterocycles. The van der Waals surface area contributed by atoms with Gasteiger partial charge in [0.15, 0.2) is 5.17 Å². The third kappa shape index (κ3) is 4.57. The van der Waals surface area contributed by atoms with Crippen LogP contribution in [0.2, 0.25) is 0 Å². The van der Waals surface area contributed by atoms with Crippen molar-refractivity contribution in [3.63, 3.8) is 0 Å². The number of thioether (sulfide) groups is 1. The maximum absolute atomic E-state index is 12.1. The van der Waals surface area contributed by atoms with E-state index in [4.69, 9.17) is 4.74 Å². The molecule has 2 heterocycles. The van der Waals surface area contributed by atoms with Crippen molar-refractivity contribution in [3.05, 3.63) is 50.6 Å². The lowest BCUT2D eigenvalue weighted by atomic mass is 10.2. The van der Waals surface area contributed by atoms with Crippen molar-refractivity contribution in [2.24, 2.45) is 5.10 Å². The number of halogens is 1. The fourth-order valence-electron chi connectivity index (χ4n) is 2.28. The van der Waals surface area contributed by atoms with Crippen LogP contribution in [0.15, 0.2) is 45.3 Å². The number of nitrogens with one attached hydrogen (secondary N) is 1. The van der Waals surface area contributed by atoms with Gasteiger partial charge in [0.2, 0.25) is 11.8 Å². The van der Waals surface area contributed by atoms with Gasteiger partial charge in [-0.05, 0) is 45.1 Å². The second-order valence-corrected chi connectivity index (χ2v) is 8.35. The summed E-state index contributed by atoms with van der Waals surface area (Å²) >= 11 is 5.96. The standard InChI is InChI=1S/C17H14BrN3O4S2/c1-9(22)19-17-20-21(10(2)23)15(27-17)11-5-6-13(12(18)8-11)25-16(24)14-4-3-7-26-14/h3-8,15H,1-2H3,(H,19,20,22). The van der Waals surface area contributed by atoms with Crippen LogP contribution in [-0.2, 0) is 9.59 Å². The lowest BCUT2D eigenvalue weighted by molar-refractivity contribution is -0.129. The third-order valence-electron chi connectivity index (χ3n) is 3.42. The SMILES string of the molecule is CC(=O)NC1=NN(C(C)=O)C(c2ccc(OC(=O)c3cccs3)c(Br)c2)S1. The summed E-state index contributed by atoms with van der Waals surface area (Å²) in [4.78, 5) is 35.8. The Morgan fingerprint density at radius 1 is 1.26 bits per heavy atom. The van der Waals surface area contributed by atoms with Crippen LogP contribution in [-0.4, -0.2) is 28.0 Å². The molecule has 7 nitrogen and oxygen atoms in total. The normalized spacial score (nSPS) is 16.0. The maximum atomic E-state index is 12.1. The molecule has 140 valence electrons. The second-order valence-electron chi connectivity index (χ2n) is 5.48. The van der Waals surface area contributed by atoms with Gasteiger partial charge >= 0.3 is 5.97 Å². The summed E-state index contributed by atoms with van der Waals surface area (Å²) in [5.41, 5.74) is 0.766. The summed E-state index contributed by atoms with van der Waals surface area (Å²) in [6.07, 6.45) is 0. The molecular formula is C17H14BrN3O4S2. The van der Waals surface area contributed by atoms with Crippen molar-refractivity contribution >= 4 is 62.0 Å². The van der Waals surface area contributed by atoms with Gasteiger partial charge in [-0.1, -0.05) is 23.9 Å². The van der Waals surface area contributed by atoms with E-state index in [1.54, 1.807) is 35.7 Å². The number of hydrogen-bond acceptors (Lipinski definition) is 7. The molecule has 0 fully saturated rings. The van der Waals surface area contributed by atoms with Crippen LogP contribution < -0.4 is 10.1 Å². The molecule has 1 unspecified atom stereocenters. The van der Waals surface area contributed by atoms with Crippen molar-refractivity contribution in [3.8, 4) is 5.75 Å². The smallest absolute Gasteiger partial charge is 0.353 e. The number of hydrogen-bond donors (Lipinski definition) is 1. The van der Waals surface area contributed by atoms with Gasteiger partial charge in [-0.2, -0.15) is 0 Å². The highest BCUT2D eigenvalue weighted by Gasteiger charge is 2.32. The minimum absolute atomic E-state index is 0.253. The van der Waals surface area contributed by atoms with Gasteiger partial charge in [0, 0.05) is 13.8 Å². The van der Waals surface area contributed by atoms with Crippen LogP contribution in [0, 0.1) is 0 Å². The fraction of sp³-hybridized carbons (Fsp3) is 0.176. The predicted octanol–water partition coefficient (Wildman–Crippen LogP) is 3.73. The molecule has 3 rings (SSSR count). The quantitative estimate of drug-likeness (QED) is 0.548. The van der Waals surface area contributed by atoms with Crippen LogP contribution in [0.3, 0.4) is 0 Å². The molecule has 0 spiro atoms. The molecule has 1 aliphatic rings. The van der Waals surface area contributed by atoms with Crippen molar-refractivity contribution in [2.75, 3.05) is 0 Å². The first kappa shape index (κ1) is 19.6. The lowest BCUT2D eigenvalue weighted by Crippen LogP contribution is -2.25. The van der Waals surface area contributed by atoms with Gasteiger partial charge in [-0.3, -0.25) is 9.59 Å². The van der Waals surface area contributed by atoms with Crippen LogP contribution in [0.4, 0.5) is 0 Å². The molecule has 27 heavy (non-hydrogen) atoms. The minimum atomic E-state index is -0.435. The highest BCUT2D eigenvalue weighted by molar-refractivity contribution is 9.10. The zero-order valence-electron chi connectivity index (χ0n) is 14.3. The summed E-state index contributed by atoms with van der Waals surface area (Å²) in [5.74, 6) is -0.576. The van der Waals surface area contributed by atoms with Crippen molar-refractivity contribution in [1.82, 2.24) is 10.3 Å². The third-order valence-corrected chi connectivity index (χ3v) is 5.99. The van der Waals surface area contributed by atoms with Crippen LogP contribution in [0.1, 0.15) is 34.5 Å². The lowest BCUT2D eigenvalue weighted by Gasteiger charge is -2.20. The number of carbonyl (C=O) groups is 3. The molecule has 0 radical (unpaired) electrons. The Hall–Kier alpha value is -2.17. The van der Waals surface area contributed by atoms with E-state index in [-0.39, 0.29) is 11.8 Å². The van der Waals surface area contributed by atoms with E-state index in [0.29, 0.717) is 20.3 Å². The molecular weight excluding hydrogens is 454 g/mol. The van der Waals surface area contributed by atoms with Gasteiger partial charge in [-0.25, -0.2) is 9.80 Å². The van der Waals surface area contributed by atoms with Crippen LogP contribution in [0.25, 0.3) is 0 Å². The first-order valence-electron chi connectivity index (χ1n) is 7.73. The van der Waals surface area contributed by atoms with E-state index >= 15 is 0 Å². The van der Waals surface area contributed by atoms with Crippen molar-refractivity contribution in [2.45, 2.75) is 19.2 Å². The van der Waals surface area contributed by atoms with E-state index in [9.17, 15) is 14.4 Å². The summed E-state index contributed by atoms with van der Waals surface area (Å²) < 4.78 is 5.98. The summed E-state index contributed by atoms with van der Waals surface area (Å²) in [5, 5.41) is 9.77. The maximum Gasteiger partial charge on any atom is 0.353 e. The van der Waals surface area contributed by atoms with Gasteiger partial charge in [-0.15, -0.1) is 16.4 Å². The Bertz CT molecular complexity index is 930. The highest BCUT2D eigenvalue weighted by Crippen LogP contribution is 2.41. The minimum Gasteiger partial charge on any atom is -0.421 e. The van der Waals surface area contributed by atoms with Gasteiger partial charge in [0.1, 0.15) is 16.0 Å². The first-order valence-corrected chi connectivity index (χ1v) is 10.3. The molecule has 0 saturated heterocycles. The molecule has 1 N–H and O–H groups in total. The average Bonchev–Trinajstić information content (AvgIpc) is 3.25. The number of amides is 2. The van der Waals surface area contributed by atoms with Crippen LogP contribution >= 0.6 is 39.0 Å². The molecule has 0 bridgehead atoms. The summed E-state index contributed by atoms with van der Waals surface area (Å²) in [6.45, 7) is 2.78. The Labute approximate surface area is 171 Å². The van der Waals surface area contributed by atoms with Gasteiger partial charge in [0.05, 0.1) is 4.47 Å². The van der Waals surface area contributed by atoms with Crippen molar-refractivity contribution < 1.29 is 19.1 Å². The van der Waals surface area contributed by atoms with Gasteiger partial charge < -0.3 is 10.1 Å². The Morgan fingerprint density at radius 3 is 2.63 bits per heavy atom. The van der Waals surface area contributed by atoms with E-state index < -0.39 is 11.3 Å². The Morgan fingerprint density at radius 2 is 2.04 bits per heavy atom. The zero-order valence-corrected chi connectivity index (χ0v) is 17.5. The van der Waals surface area contributed by atoms with Crippen molar-refractivity contribution in [1.29, 1.82) is 0 Å². The topological polar surface area (TPSA) is 88.1 Å². The zero-order chi connectivity index (χ0) is 19.6. The number of esters is 1. The average molecular weight is 468 g/mol. The number of ether oxygens (including phenoxy) is 1. The molecule has 0 saturated carbocycles. The monoisotopic (exact) mass is 467 g/mol. The molecule has 1 aromatic carbocycles. The van der Waals surface area contributed by atoms with E-state index in [0.717, 1.165) is 5.56 Å². The molecule has 2 aromatic rings. The number of hydrazone groups is 1. The highest BCUT2D eigenvalue weighted by atomic mass is 79.9. The van der Waals surface area contributed by atoms with E-state index in [1.807, 2.05) is 0 Å². The van der Waals surface area contributed by atoms with E-state index in [1.165, 1.54) is 42.0 Å².